The van der Waals surface area contributed by atoms with Gasteiger partial charge in [-0.25, -0.2) is 4.79 Å². The number of urea groups is 1. The maximum Gasteiger partial charge on any atom is 0.346 e. The van der Waals surface area contributed by atoms with Gasteiger partial charge in [0.1, 0.15) is 0 Å². The molecule has 0 radical (unpaired) electrons. The first kappa shape index (κ1) is 14.6. The molecule has 1 aliphatic rings. The van der Waals surface area contributed by atoms with E-state index in [4.69, 9.17) is 23.2 Å². The van der Waals surface area contributed by atoms with Crippen LogP contribution < -0.4 is 4.80 Å². The summed E-state index contributed by atoms with van der Waals surface area (Å²) >= 11 is 13.7. The molecule has 0 N–H and O–H groups in total. The molecular formula is C14H13Cl2N3OS. The Morgan fingerprint density at radius 2 is 2.00 bits per heavy atom. The number of aromatic nitrogens is 1. The Hall–Kier alpha value is -1.30. The van der Waals surface area contributed by atoms with Crippen molar-refractivity contribution in [3.63, 3.8) is 0 Å². The van der Waals surface area contributed by atoms with Crippen LogP contribution in [0.5, 0.6) is 0 Å². The second kappa shape index (κ2) is 6.22. The first-order chi connectivity index (χ1) is 10.2. The van der Waals surface area contributed by atoms with E-state index >= 15 is 0 Å². The zero-order valence-electron chi connectivity index (χ0n) is 11.1. The Balaban J connectivity index is 2.01. The van der Waals surface area contributed by atoms with Gasteiger partial charge in [0.25, 0.3) is 0 Å². The Kier molecular flexibility index (Phi) is 4.33. The Morgan fingerprint density at radius 1 is 1.24 bits per heavy atom. The van der Waals surface area contributed by atoms with Crippen LogP contribution in [0.25, 0.3) is 5.69 Å². The molecule has 2 heterocycles. The average Bonchev–Trinajstić information content (AvgIpc) is 3.13. The number of halogens is 2. The van der Waals surface area contributed by atoms with Crippen molar-refractivity contribution in [2.75, 3.05) is 13.1 Å². The fraction of sp³-hybridized carbons (Fsp3) is 0.286. The summed E-state index contributed by atoms with van der Waals surface area (Å²) in [6, 6.07) is 5.20. The molecule has 7 heteroatoms. The van der Waals surface area contributed by atoms with Crippen LogP contribution in [0.4, 0.5) is 4.79 Å². The van der Waals surface area contributed by atoms with Gasteiger partial charge in [-0.15, -0.1) is 11.3 Å². The maximum atomic E-state index is 12.1. The molecule has 4 nitrogen and oxygen atoms in total. The molecule has 1 saturated heterocycles. The lowest BCUT2D eigenvalue weighted by molar-refractivity contribution is 0.218. The van der Waals surface area contributed by atoms with Crippen molar-refractivity contribution in [2.24, 2.45) is 4.99 Å². The van der Waals surface area contributed by atoms with E-state index in [0.29, 0.717) is 14.8 Å². The third kappa shape index (κ3) is 3.00. The van der Waals surface area contributed by atoms with Crippen molar-refractivity contribution in [3.05, 3.63) is 44.6 Å². The summed E-state index contributed by atoms with van der Waals surface area (Å²) in [6.07, 6.45) is 3.93. The summed E-state index contributed by atoms with van der Waals surface area (Å²) < 4.78 is 1.78. The van der Waals surface area contributed by atoms with Crippen LogP contribution >= 0.6 is 34.5 Å². The number of amides is 2. The lowest BCUT2D eigenvalue weighted by Crippen LogP contribution is -2.27. The van der Waals surface area contributed by atoms with E-state index in [0.717, 1.165) is 31.6 Å². The van der Waals surface area contributed by atoms with Gasteiger partial charge in [0.15, 0.2) is 4.80 Å². The molecule has 0 aliphatic carbocycles. The van der Waals surface area contributed by atoms with E-state index in [-0.39, 0.29) is 6.03 Å². The van der Waals surface area contributed by atoms with Crippen LogP contribution in [0.2, 0.25) is 10.0 Å². The molecule has 0 spiro atoms. The highest BCUT2D eigenvalue weighted by atomic mass is 35.5. The molecule has 1 aliphatic heterocycles. The molecule has 0 unspecified atom stereocenters. The van der Waals surface area contributed by atoms with Gasteiger partial charge in [0.2, 0.25) is 0 Å². The first-order valence-corrected chi connectivity index (χ1v) is 8.24. The van der Waals surface area contributed by atoms with Crippen LogP contribution in [0.15, 0.2) is 34.8 Å². The number of nitrogens with zero attached hydrogens (tertiary/aromatic N) is 3. The summed E-state index contributed by atoms with van der Waals surface area (Å²) in [7, 11) is 0. The Bertz CT molecular complexity index is 732. The van der Waals surface area contributed by atoms with E-state index in [2.05, 4.69) is 4.99 Å². The maximum absolute atomic E-state index is 12.1. The van der Waals surface area contributed by atoms with Crippen LogP contribution in [0.1, 0.15) is 12.8 Å². The van der Waals surface area contributed by atoms with E-state index in [1.807, 2.05) is 23.7 Å². The highest BCUT2D eigenvalue weighted by Gasteiger charge is 2.17. The van der Waals surface area contributed by atoms with Gasteiger partial charge in [-0.1, -0.05) is 29.3 Å². The van der Waals surface area contributed by atoms with Crippen molar-refractivity contribution in [1.82, 2.24) is 9.47 Å². The Labute approximate surface area is 136 Å². The SMILES string of the molecule is O=C(N=c1sccn1-c1cccc(Cl)c1Cl)N1CCCC1. The van der Waals surface area contributed by atoms with Crippen molar-refractivity contribution < 1.29 is 4.79 Å². The van der Waals surface area contributed by atoms with Crippen LogP contribution in [-0.4, -0.2) is 28.6 Å². The third-order valence-corrected chi connectivity index (χ3v) is 4.91. The molecule has 0 atom stereocenters. The quantitative estimate of drug-likeness (QED) is 0.773. The molecule has 1 fully saturated rings. The number of benzene rings is 1. The molecule has 1 aromatic heterocycles. The topological polar surface area (TPSA) is 37.6 Å². The summed E-state index contributed by atoms with van der Waals surface area (Å²) in [4.78, 5) is 18.7. The largest absolute Gasteiger partial charge is 0.346 e. The Morgan fingerprint density at radius 3 is 2.76 bits per heavy atom. The normalized spacial score (nSPS) is 15.7. The van der Waals surface area contributed by atoms with Gasteiger partial charge in [-0.2, -0.15) is 4.99 Å². The minimum absolute atomic E-state index is 0.193. The van der Waals surface area contributed by atoms with Gasteiger partial charge in [0.05, 0.1) is 15.7 Å². The van der Waals surface area contributed by atoms with Gasteiger partial charge in [-0.3, -0.25) is 4.57 Å². The number of likely N-dealkylation sites (tertiary alicyclic amines) is 1. The molecule has 2 aromatic rings. The molecule has 0 bridgehead atoms. The number of rotatable bonds is 1. The van der Waals surface area contributed by atoms with E-state index in [1.165, 1.54) is 11.3 Å². The lowest BCUT2D eigenvalue weighted by atomic mass is 10.3. The minimum Gasteiger partial charge on any atom is -0.323 e. The highest BCUT2D eigenvalue weighted by molar-refractivity contribution is 7.07. The smallest absolute Gasteiger partial charge is 0.323 e. The second-order valence-corrected chi connectivity index (χ2v) is 6.38. The second-order valence-electron chi connectivity index (χ2n) is 4.72. The van der Waals surface area contributed by atoms with Crippen molar-refractivity contribution in [1.29, 1.82) is 0 Å². The van der Waals surface area contributed by atoms with Crippen molar-refractivity contribution >= 4 is 40.6 Å². The number of thiazole rings is 1. The van der Waals surface area contributed by atoms with Gasteiger partial charge in [-0.05, 0) is 25.0 Å². The lowest BCUT2D eigenvalue weighted by Gasteiger charge is -2.11. The molecule has 3 rings (SSSR count). The zero-order chi connectivity index (χ0) is 14.8. The van der Waals surface area contributed by atoms with Gasteiger partial charge < -0.3 is 4.90 Å². The monoisotopic (exact) mass is 341 g/mol. The summed E-state index contributed by atoms with van der Waals surface area (Å²) in [5, 5.41) is 2.80. The first-order valence-electron chi connectivity index (χ1n) is 6.61. The predicted molar refractivity (Wildman–Crippen MR) is 85.4 cm³/mol. The zero-order valence-corrected chi connectivity index (χ0v) is 13.5. The fourth-order valence-electron chi connectivity index (χ4n) is 2.28. The van der Waals surface area contributed by atoms with E-state index < -0.39 is 0 Å². The highest BCUT2D eigenvalue weighted by Crippen LogP contribution is 2.27. The summed E-state index contributed by atoms with van der Waals surface area (Å²) in [6.45, 7) is 1.57. The van der Waals surface area contributed by atoms with Crippen LogP contribution in [0, 0.1) is 0 Å². The molecular weight excluding hydrogens is 329 g/mol. The van der Waals surface area contributed by atoms with Crippen LogP contribution in [0.3, 0.4) is 0 Å². The standard InChI is InChI=1S/C14H13Cl2N3OS/c15-10-4-3-5-11(12(10)16)19-8-9-21-14(19)17-13(20)18-6-1-2-7-18/h3-5,8-9H,1-2,6-7H2. The molecule has 1 aromatic carbocycles. The number of hydrogen-bond donors (Lipinski definition) is 0. The summed E-state index contributed by atoms with van der Waals surface area (Å²) in [5.74, 6) is 0. The van der Waals surface area contributed by atoms with Crippen molar-refractivity contribution in [3.8, 4) is 5.69 Å². The predicted octanol–water partition coefficient (Wildman–Crippen LogP) is 3.96. The number of carbonyl (C=O) groups excluding carboxylic acids is 1. The van der Waals surface area contributed by atoms with Crippen LogP contribution in [-0.2, 0) is 0 Å². The molecule has 0 saturated carbocycles. The fourth-order valence-corrected chi connectivity index (χ4v) is 3.37. The molecule has 110 valence electrons. The van der Waals surface area contributed by atoms with E-state index in [9.17, 15) is 4.79 Å². The molecule has 21 heavy (non-hydrogen) atoms. The summed E-state index contributed by atoms with van der Waals surface area (Å²) in [5.41, 5.74) is 0.721. The third-order valence-electron chi connectivity index (χ3n) is 3.35. The van der Waals surface area contributed by atoms with E-state index in [1.54, 1.807) is 15.5 Å². The average molecular weight is 342 g/mol. The minimum atomic E-state index is -0.193. The van der Waals surface area contributed by atoms with Gasteiger partial charge in [0, 0.05) is 24.7 Å². The van der Waals surface area contributed by atoms with Crippen molar-refractivity contribution in [2.45, 2.75) is 12.8 Å². The molecule has 2 amide bonds. The number of hydrogen-bond acceptors (Lipinski definition) is 2. The van der Waals surface area contributed by atoms with Gasteiger partial charge >= 0.3 is 6.03 Å². The number of carbonyl (C=O) groups is 1.